The fourth-order valence-corrected chi connectivity index (χ4v) is 4.89. The lowest BCUT2D eigenvalue weighted by atomic mass is 10.1. The molecule has 7 nitrogen and oxygen atoms in total. The third-order valence-corrected chi connectivity index (χ3v) is 6.94. The second-order valence-electron chi connectivity index (χ2n) is 9.07. The van der Waals surface area contributed by atoms with Crippen LogP contribution < -0.4 is 15.1 Å². The Labute approximate surface area is 215 Å². The number of halogens is 1. The van der Waals surface area contributed by atoms with E-state index < -0.39 is 5.92 Å². The van der Waals surface area contributed by atoms with Crippen molar-refractivity contribution in [2.24, 2.45) is 5.92 Å². The van der Waals surface area contributed by atoms with Gasteiger partial charge in [0.25, 0.3) is 5.91 Å². The van der Waals surface area contributed by atoms with Gasteiger partial charge >= 0.3 is 0 Å². The van der Waals surface area contributed by atoms with E-state index in [1.807, 2.05) is 59.5 Å². The number of rotatable bonds is 5. The molecule has 2 fully saturated rings. The van der Waals surface area contributed by atoms with E-state index in [1.165, 1.54) is 0 Å². The first-order valence-corrected chi connectivity index (χ1v) is 12.4. The number of piperazine rings is 1. The molecule has 1 atom stereocenters. The Bertz CT molecular complexity index is 1260. The van der Waals surface area contributed by atoms with Crippen LogP contribution in [0.5, 0.6) is 0 Å². The SMILES string of the molecule is O=C(Nc1ccc(C(=O)N2CCN(c3cccc(Cl)c3)CC2)cc1)C1CC(=O)N(c2ccccc2)C1. The minimum atomic E-state index is -0.421. The Kier molecular flexibility index (Phi) is 6.91. The number of anilines is 3. The number of nitrogens with zero attached hydrogens (tertiary/aromatic N) is 3. The highest BCUT2D eigenvalue weighted by Crippen LogP contribution is 2.26. The molecule has 1 N–H and O–H groups in total. The van der Waals surface area contributed by atoms with Gasteiger partial charge in [-0.25, -0.2) is 0 Å². The summed E-state index contributed by atoms with van der Waals surface area (Å²) in [5.41, 5.74) is 3.04. The molecule has 3 aromatic rings. The first kappa shape index (κ1) is 23.9. The lowest BCUT2D eigenvalue weighted by molar-refractivity contribution is -0.122. The summed E-state index contributed by atoms with van der Waals surface area (Å²) in [5.74, 6) is -0.705. The number of nitrogens with one attached hydrogen (secondary N) is 1. The molecular weight excluding hydrogens is 476 g/mol. The molecule has 5 rings (SSSR count). The summed E-state index contributed by atoms with van der Waals surface area (Å²) in [5, 5.41) is 3.59. The molecular formula is C28H27ClN4O3. The second-order valence-corrected chi connectivity index (χ2v) is 9.50. The van der Waals surface area contributed by atoms with Crippen molar-refractivity contribution in [3.05, 3.63) is 89.4 Å². The van der Waals surface area contributed by atoms with E-state index in [-0.39, 0.29) is 24.1 Å². The van der Waals surface area contributed by atoms with Gasteiger partial charge in [0.15, 0.2) is 0 Å². The summed E-state index contributed by atoms with van der Waals surface area (Å²) in [6.07, 6.45) is 0.179. The fourth-order valence-electron chi connectivity index (χ4n) is 4.70. The molecule has 3 aromatic carbocycles. The highest BCUT2D eigenvalue weighted by atomic mass is 35.5. The number of amides is 3. The molecule has 1 unspecified atom stereocenters. The summed E-state index contributed by atoms with van der Waals surface area (Å²) in [7, 11) is 0. The van der Waals surface area contributed by atoms with Gasteiger partial charge in [0.2, 0.25) is 11.8 Å². The zero-order valence-corrected chi connectivity index (χ0v) is 20.5. The van der Waals surface area contributed by atoms with Gasteiger partial charge in [-0.3, -0.25) is 14.4 Å². The van der Waals surface area contributed by atoms with E-state index in [1.54, 1.807) is 29.2 Å². The van der Waals surface area contributed by atoms with Crippen LogP contribution in [-0.4, -0.2) is 55.3 Å². The largest absolute Gasteiger partial charge is 0.368 e. The topological polar surface area (TPSA) is 73.0 Å². The van der Waals surface area contributed by atoms with Crippen LogP contribution >= 0.6 is 11.6 Å². The predicted molar refractivity (Wildman–Crippen MR) is 142 cm³/mol. The van der Waals surface area contributed by atoms with Gasteiger partial charge in [-0.05, 0) is 54.6 Å². The maximum atomic E-state index is 13.0. The lowest BCUT2D eigenvalue weighted by Gasteiger charge is -2.36. The highest BCUT2D eigenvalue weighted by molar-refractivity contribution is 6.30. The monoisotopic (exact) mass is 502 g/mol. The van der Waals surface area contributed by atoms with Crippen LogP contribution in [0.2, 0.25) is 5.02 Å². The number of benzene rings is 3. The summed E-state index contributed by atoms with van der Waals surface area (Å²) in [6.45, 7) is 3.07. The van der Waals surface area contributed by atoms with E-state index in [0.29, 0.717) is 35.9 Å². The molecule has 0 spiro atoms. The van der Waals surface area contributed by atoms with E-state index in [0.717, 1.165) is 24.5 Å². The van der Waals surface area contributed by atoms with Crippen molar-refractivity contribution in [1.29, 1.82) is 0 Å². The molecule has 0 saturated carbocycles. The van der Waals surface area contributed by atoms with Crippen LogP contribution in [0.1, 0.15) is 16.8 Å². The Morgan fingerprint density at radius 2 is 1.53 bits per heavy atom. The van der Waals surface area contributed by atoms with Gasteiger partial charge in [0, 0.05) is 66.8 Å². The van der Waals surface area contributed by atoms with Gasteiger partial charge in [-0.2, -0.15) is 0 Å². The van der Waals surface area contributed by atoms with Crippen molar-refractivity contribution < 1.29 is 14.4 Å². The molecule has 3 amide bonds. The standard InChI is InChI=1S/C28H27ClN4O3/c29-22-5-4-8-25(18-22)31-13-15-32(16-14-31)28(36)20-9-11-23(12-10-20)30-27(35)21-17-26(34)33(19-21)24-6-2-1-3-7-24/h1-12,18,21H,13-17,19H2,(H,30,35). The molecule has 0 bridgehead atoms. The Balaban J connectivity index is 1.15. The first-order chi connectivity index (χ1) is 17.5. The van der Waals surface area contributed by atoms with E-state index in [9.17, 15) is 14.4 Å². The van der Waals surface area contributed by atoms with Crippen LogP contribution in [0.25, 0.3) is 0 Å². The molecule has 2 aliphatic heterocycles. The van der Waals surface area contributed by atoms with Gasteiger partial charge in [0.05, 0.1) is 5.92 Å². The van der Waals surface area contributed by atoms with E-state index in [4.69, 9.17) is 11.6 Å². The van der Waals surface area contributed by atoms with Gasteiger partial charge < -0.3 is 20.0 Å². The van der Waals surface area contributed by atoms with Crippen molar-refractivity contribution in [2.75, 3.05) is 47.8 Å². The van der Waals surface area contributed by atoms with E-state index in [2.05, 4.69) is 10.2 Å². The van der Waals surface area contributed by atoms with Crippen LogP contribution in [0.15, 0.2) is 78.9 Å². The van der Waals surface area contributed by atoms with Crippen molar-refractivity contribution >= 4 is 46.4 Å². The van der Waals surface area contributed by atoms with E-state index >= 15 is 0 Å². The smallest absolute Gasteiger partial charge is 0.253 e. The first-order valence-electron chi connectivity index (χ1n) is 12.0. The third kappa shape index (κ3) is 5.21. The molecule has 8 heteroatoms. The minimum absolute atomic E-state index is 0.0292. The van der Waals surface area contributed by atoms with Crippen molar-refractivity contribution in [3.63, 3.8) is 0 Å². The molecule has 0 aliphatic carbocycles. The number of hydrogen-bond donors (Lipinski definition) is 1. The number of carbonyl (C=O) groups is 3. The zero-order valence-electron chi connectivity index (χ0n) is 19.8. The van der Waals surface area contributed by atoms with Gasteiger partial charge in [-0.15, -0.1) is 0 Å². The maximum absolute atomic E-state index is 13.0. The van der Waals surface area contributed by atoms with Gasteiger partial charge in [0.1, 0.15) is 0 Å². The van der Waals surface area contributed by atoms with Crippen LogP contribution in [0.3, 0.4) is 0 Å². The zero-order chi connectivity index (χ0) is 25.1. The maximum Gasteiger partial charge on any atom is 0.253 e. The fraction of sp³-hybridized carbons (Fsp3) is 0.250. The Morgan fingerprint density at radius 1 is 0.833 bits per heavy atom. The summed E-state index contributed by atoms with van der Waals surface area (Å²) in [4.78, 5) is 43.9. The third-order valence-electron chi connectivity index (χ3n) is 6.70. The average molecular weight is 503 g/mol. The molecule has 2 saturated heterocycles. The second kappa shape index (κ2) is 10.4. The minimum Gasteiger partial charge on any atom is -0.368 e. The predicted octanol–water partition coefficient (Wildman–Crippen LogP) is 4.29. The summed E-state index contributed by atoms with van der Waals surface area (Å²) < 4.78 is 0. The van der Waals surface area contributed by atoms with Gasteiger partial charge in [-0.1, -0.05) is 35.9 Å². The van der Waals surface area contributed by atoms with Crippen molar-refractivity contribution in [2.45, 2.75) is 6.42 Å². The van der Waals surface area contributed by atoms with Crippen LogP contribution in [-0.2, 0) is 9.59 Å². The van der Waals surface area contributed by atoms with Crippen LogP contribution in [0, 0.1) is 5.92 Å². The number of hydrogen-bond acceptors (Lipinski definition) is 4. The Hall–Kier alpha value is -3.84. The molecule has 0 aromatic heterocycles. The molecule has 2 aliphatic rings. The van der Waals surface area contributed by atoms with Crippen molar-refractivity contribution in [1.82, 2.24) is 4.90 Å². The molecule has 2 heterocycles. The van der Waals surface area contributed by atoms with Crippen molar-refractivity contribution in [3.8, 4) is 0 Å². The molecule has 0 radical (unpaired) electrons. The molecule has 36 heavy (non-hydrogen) atoms. The summed E-state index contributed by atoms with van der Waals surface area (Å²) >= 11 is 6.11. The normalized spacial score (nSPS) is 17.9. The summed E-state index contributed by atoms with van der Waals surface area (Å²) in [6, 6.07) is 24.1. The quantitative estimate of drug-likeness (QED) is 0.565. The highest BCUT2D eigenvalue weighted by Gasteiger charge is 2.35. The molecule has 184 valence electrons. The number of para-hydroxylation sites is 1. The number of carbonyl (C=O) groups excluding carboxylic acids is 3. The van der Waals surface area contributed by atoms with Crippen LogP contribution in [0.4, 0.5) is 17.1 Å². The average Bonchev–Trinajstić information content (AvgIpc) is 3.31. The lowest BCUT2D eigenvalue weighted by Crippen LogP contribution is -2.48. The Morgan fingerprint density at radius 3 is 2.22 bits per heavy atom.